The minimum Gasteiger partial charge on any atom is -1.00 e. The summed E-state index contributed by atoms with van der Waals surface area (Å²) in [6.45, 7) is 0. The fourth-order valence-corrected chi connectivity index (χ4v) is 0. The predicted molar refractivity (Wildman–Crippen MR) is 18.2 cm³/mol. The largest absolute Gasteiger partial charge is 1.00 e. The summed E-state index contributed by atoms with van der Waals surface area (Å²) in [4.78, 5) is 14.3. The first-order valence-electron chi connectivity index (χ1n) is 0.651. The fraction of sp³-hybridized carbons (Fsp3) is 0. The summed E-state index contributed by atoms with van der Waals surface area (Å²) in [5.74, 6) is 0. The summed E-state index contributed by atoms with van der Waals surface area (Å²) in [6, 6.07) is 0. The SMILES string of the molecule is O.O=[PH](O)O.[H-].[K+].[U]. The van der Waals surface area contributed by atoms with Gasteiger partial charge in [-0.05, 0) is 0 Å². The van der Waals surface area contributed by atoms with E-state index < -0.39 is 8.25 Å². The molecule has 0 bridgehead atoms. The first-order chi connectivity index (χ1) is 1.73. The first-order valence-corrected chi connectivity index (χ1v) is 1.95. The van der Waals surface area contributed by atoms with E-state index in [2.05, 4.69) is 0 Å². The van der Waals surface area contributed by atoms with Gasteiger partial charge >= 0.3 is 59.6 Å². The zero-order chi connectivity index (χ0) is 3.58. The number of hydrogen-bond acceptors (Lipinski definition) is 1. The molecule has 0 aromatic rings. The molecule has 0 aromatic carbocycles. The Labute approximate surface area is 110 Å². The summed E-state index contributed by atoms with van der Waals surface area (Å²) in [7, 11) is -3.13. The van der Waals surface area contributed by atoms with Crippen molar-refractivity contribution in [3.63, 3.8) is 0 Å². The van der Waals surface area contributed by atoms with Gasteiger partial charge in [0.2, 0.25) is 0 Å². The third-order valence-corrected chi connectivity index (χ3v) is 0. The van der Waals surface area contributed by atoms with Gasteiger partial charge in [-0.2, -0.15) is 0 Å². The number of rotatable bonds is 0. The van der Waals surface area contributed by atoms with Gasteiger partial charge in [0.1, 0.15) is 0 Å². The van der Waals surface area contributed by atoms with Gasteiger partial charge in [-0.3, -0.25) is 4.57 Å². The third kappa shape index (κ3) is 51.9. The molecule has 0 aliphatic carbocycles. The van der Waals surface area contributed by atoms with E-state index in [0.29, 0.717) is 0 Å². The summed E-state index contributed by atoms with van der Waals surface area (Å²) in [5.41, 5.74) is 0. The molecule has 7 heteroatoms. The Hall–Kier alpha value is 2.80. The fourth-order valence-electron chi connectivity index (χ4n) is 0. The molecule has 0 atom stereocenters. The van der Waals surface area contributed by atoms with Gasteiger partial charge in [-0.25, -0.2) is 0 Å². The van der Waals surface area contributed by atoms with E-state index in [1.807, 2.05) is 0 Å². The molecule has 4 N–H and O–H groups in total. The van der Waals surface area contributed by atoms with Crippen LogP contribution in [0.3, 0.4) is 0 Å². The average molecular weight is 378 g/mol. The summed E-state index contributed by atoms with van der Waals surface area (Å²) >= 11 is 0. The van der Waals surface area contributed by atoms with Crippen LogP contribution in [0.25, 0.3) is 0 Å². The van der Waals surface area contributed by atoms with Crippen LogP contribution in [0.1, 0.15) is 1.43 Å². The van der Waals surface area contributed by atoms with E-state index in [0.717, 1.165) is 0 Å². The molecule has 0 saturated heterocycles. The summed E-state index contributed by atoms with van der Waals surface area (Å²) < 4.78 is 8.74. The van der Waals surface area contributed by atoms with Crippen molar-refractivity contribution >= 4 is 8.25 Å². The van der Waals surface area contributed by atoms with Crippen LogP contribution in [0, 0.1) is 31.1 Å². The van der Waals surface area contributed by atoms with Crippen molar-refractivity contribution in [2.24, 2.45) is 0 Å². The maximum absolute atomic E-state index is 8.74. The van der Waals surface area contributed by atoms with Gasteiger partial charge in [0.25, 0.3) is 0 Å². The van der Waals surface area contributed by atoms with E-state index in [9.17, 15) is 0 Å². The molecule has 0 rings (SSSR count). The molecule has 7 heavy (non-hydrogen) atoms. The quantitative estimate of drug-likeness (QED) is 0.330. The van der Waals surface area contributed by atoms with E-state index in [1.165, 1.54) is 0 Å². The van der Waals surface area contributed by atoms with Gasteiger partial charge in [0.05, 0.1) is 0 Å². The Kier molecular flexibility index (Phi) is 51.3. The van der Waals surface area contributed by atoms with Gasteiger partial charge in [-0.15, -0.1) is 0 Å². The van der Waals surface area contributed by atoms with Crippen molar-refractivity contribution in [3.8, 4) is 0 Å². The molecule has 4 nitrogen and oxygen atoms in total. The molecular formula is H6KO4PU. The van der Waals surface area contributed by atoms with Crippen molar-refractivity contribution in [1.82, 2.24) is 0 Å². The molecule has 0 unspecified atom stereocenters. The maximum Gasteiger partial charge on any atom is 1.00 e. The van der Waals surface area contributed by atoms with Crippen molar-refractivity contribution < 1.29 is 104 Å². The van der Waals surface area contributed by atoms with Gasteiger partial charge in [0.15, 0.2) is 0 Å². The van der Waals surface area contributed by atoms with E-state index >= 15 is 0 Å². The van der Waals surface area contributed by atoms with Crippen LogP contribution in [0.4, 0.5) is 0 Å². The molecule has 40 valence electrons. The summed E-state index contributed by atoms with van der Waals surface area (Å²) in [6.07, 6.45) is 0. The normalized spacial score (nSPS) is 5.00. The first kappa shape index (κ1) is 22.6. The number of hydrogen-bond donors (Lipinski definition) is 2. The Balaban J connectivity index is -0.00000000750. The van der Waals surface area contributed by atoms with Crippen molar-refractivity contribution in [3.05, 3.63) is 0 Å². The smallest absolute Gasteiger partial charge is 1.00 e. The monoisotopic (exact) mass is 378 g/mol. The van der Waals surface area contributed by atoms with Crippen LogP contribution in [0.5, 0.6) is 0 Å². The van der Waals surface area contributed by atoms with Crippen molar-refractivity contribution in [1.29, 1.82) is 0 Å². The topological polar surface area (TPSA) is 89.0 Å². The standard InChI is InChI=1S/K.H3O3P.H2O.U.H/c;1-4(2)3;;;/h;4H,(H2,1,2,3);1H2;;/q+1;;;;-1. The Morgan fingerprint density at radius 1 is 1.43 bits per heavy atom. The zero-order valence-corrected chi connectivity index (χ0v) is 12.1. The van der Waals surface area contributed by atoms with Crippen LogP contribution in [0.15, 0.2) is 0 Å². The van der Waals surface area contributed by atoms with Crippen LogP contribution >= 0.6 is 8.25 Å². The van der Waals surface area contributed by atoms with Crippen LogP contribution in [-0.4, -0.2) is 15.3 Å². The van der Waals surface area contributed by atoms with Gasteiger partial charge in [0, 0.05) is 31.1 Å². The molecule has 0 aliphatic rings. The molecule has 0 heterocycles. The average Bonchev–Trinajstić information content (AvgIpc) is 0.811. The van der Waals surface area contributed by atoms with Crippen molar-refractivity contribution in [2.75, 3.05) is 0 Å². The maximum atomic E-state index is 8.74. The molecule has 0 fully saturated rings. The molecule has 0 saturated carbocycles. The second-order valence-electron chi connectivity index (χ2n) is 0.283. The Morgan fingerprint density at radius 3 is 1.43 bits per heavy atom. The van der Waals surface area contributed by atoms with Gasteiger partial charge < -0.3 is 16.7 Å². The molecule has 0 aliphatic heterocycles. The zero-order valence-electron chi connectivity index (χ0n) is 4.80. The predicted octanol–water partition coefficient (Wildman–Crippen LogP) is -4.35. The van der Waals surface area contributed by atoms with Crippen molar-refractivity contribution in [2.45, 2.75) is 0 Å². The Bertz CT molecular complexity index is 39.0. The molecule has 0 radical (unpaired) electrons. The molecule has 0 spiro atoms. The minimum atomic E-state index is -3.13. The molecular weight excluding hydrogens is 372 g/mol. The minimum absolute atomic E-state index is 0. The second-order valence-corrected chi connectivity index (χ2v) is 0.848. The molecule has 0 amide bonds. The van der Waals surface area contributed by atoms with E-state index in [-0.39, 0.29) is 89.4 Å². The molecule has 0 aromatic heterocycles. The van der Waals surface area contributed by atoms with Crippen LogP contribution < -0.4 is 51.4 Å². The van der Waals surface area contributed by atoms with Crippen LogP contribution in [0.2, 0.25) is 0 Å². The van der Waals surface area contributed by atoms with E-state index in [4.69, 9.17) is 14.4 Å². The third-order valence-electron chi connectivity index (χ3n) is 0. The summed E-state index contributed by atoms with van der Waals surface area (Å²) in [5, 5.41) is 0. The Morgan fingerprint density at radius 2 is 1.43 bits per heavy atom. The van der Waals surface area contributed by atoms with Gasteiger partial charge in [-0.1, -0.05) is 0 Å². The van der Waals surface area contributed by atoms with Crippen LogP contribution in [-0.2, 0) is 4.57 Å². The second kappa shape index (κ2) is 15.9. The van der Waals surface area contributed by atoms with E-state index in [1.54, 1.807) is 0 Å².